The highest BCUT2D eigenvalue weighted by atomic mass is 16.5. The molecule has 0 fully saturated rings. The summed E-state index contributed by atoms with van der Waals surface area (Å²) >= 11 is 0. The Bertz CT molecular complexity index is 309. The maximum atomic E-state index is 11.1. The average Bonchev–Trinajstić information content (AvgIpc) is 2.05. The first-order valence-corrected chi connectivity index (χ1v) is 4.30. The Kier molecular flexibility index (Phi) is 2.23. The number of nitrogens with two attached hydrogens (primary N) is 2. The highest BCUT2D eigenvalue weighted by molar-refractivity contribution is 5.40. The zero-order valence-electron chi connectivity index (χ0n) is 7.44. The minimum Gasteiger partial charge on any atom is -0.613 e. The van der Waals surface area contributed by atoms with Gasteiger partial charge in [0.1, 0.15) is 0 Å². The molecule has 1 aliphatic rings. The van der Waals surface area contributed by atoms with Gasteiger partial charge in [-0.1, -0.05) is 24.3 Å². The molecule has 1 aliphatic carbocycles. The molecule has 1 aromatic rings. The summed E-state index contributed by atoms with van der Waals surface area (Å²) in [6, 6.07) is 6.14. The molecule has 0 saturated heterocycles. The Hall–Kier alpha value is -1.02. The normalized spacial score (nSPS) is 28.9. The third-order valence-corrected chi connectivity index (χ3v) is 2.61. The van der Waals surface area contributed by atoms with Crippen LogP contribution >= 0.6 is 0 Å². The molecule has 0 aromatic heterocycles. The third kappa shape index (κ3) is 1.22. The van der Waals surface area contributed by atoms with Crippen LogP contribution in [0.2, 0.25) is 0 Å². The molecule has 76 valence electrons. The van der Waals surface area contributed by atoms with Crippen molar-refractivity contribution in [1.82, 2.24) is 0 Å². The van der Waals surface area contributed by atoms with E-state index in [2.05, 4.69) is 0 Å². The summed E-state index contributed by atoms with van der Waals surface area (Å²) in [7, 11) is 0. The molecule has 2 rings (SSSR count). The summed E-state index contributed by atoms with van der Waals surface area (Å²) < 4.78 is 0. The zero-order valence-corrected chi connectivity index (χ0v) is 7.44. The molecule has 0 spiro atoms. The van der Waals surface area contributed by atoms with Crippen molar-refractivity contribution in [3.8, 4) is 0 Å². The van der Waals surface area contributed by atoms with Gasteiger partial charge < -0.3 is 10.4 Å². The van der Waals surface area contributed by atoms with Crippen molar-refractivity contribution in [2.75, 3.05) is 0 Å². The van der Waals surface area contributed by atoms with E-state index in [1.165, 1.54) is 0 Å². The van der Waals surface area contributed by atoms with Gasteiger partial charge in [-0.15, -0.1) is 0 Å². The number of nitrogens with one attached hydrogen (secondary N) is 2. The Morgan fingerprint density at radius 3 is 1.57 bits per heavy atom. The number of hydrogen-bond donors (Lipinski definition) is 4. The molecular weight excluding hydrogens is 184 g/mol. The van der Waals surface area contributed by atoms with Crippen LogP contribution in [0.15, 0.2) is 24.3 Å². The van der Waals surface area contributed by atoms with Crippen molar-refractivity contribution >= 4 is 0 Å². The highest BCUT2D eigenvalue weighted by Gasteiger charge is 2.46. The van der Waals surface area contributed by atoms with E-state index in [0.29, 0.717) is 0 Å². The van der Waals surface area contributed by atoms with E-state index < -0.39 is 22.4 Å². The van der Waals surface area contributed by atoms with E-state index in [-0.39, 0.29) is 0 Å². The fourth-order valence-electron chi connectivity index (χ4n) is 1.98. The van der Waals surface area contributed by atoms with Crippen molar-refractivity contribution in [2.24, 2.45) is 11.7 Å². The predicted molar refractivity (Wildman–Crippen MR) is 49.0 cm³/mol. The smallest absolute Gasteiger partial charge is 0.189 e. The van der Waals surface area contributed by atoms with Crippen LogP contribution in [0.1, 0.15) is 23.2 Å². The topological polar surface area (TPSA) is 107 Å². The summed E-state index contributed by atoms with van der Waals surface area (Å²) in [6.45, 7) is 0. The van der Waals surface area contributed by atoms with Crippen LogP contribution in [0, 0.1) is 10.4 Å². The molecule has 0 aliphatic heterocycles. The van der Waals surface area contributed by atoms with Gasteiger partial charge in [-0.3, -0.25) is 10.3 Å². The van der Waals surface area contributed by atoms with E-state index >= 15 is 0 Å². The van der Waals surface area contributed by atoms with Crippen LogP contribution in [0.3, 0.4) is 0 Å². The second-order valence-corrected chi connectivity index (χ2v) is 3.39. The van der Waals surface area contributed by atoms with Gasteiger partial charge in [0.25, 0.3) is 0 Å². The molecule has 0 saturated carbocycles. The molecule has 0 radical (unpaired) electrons. The predicted octanol–water partition coefficient (Wildman–Crippen LogP) is -2.70. The van der Waals surface area contributed by atoms with Crippen LogP contribution in [-0.4, -0.2) is 0 Å². The fraction of sp³-hybridized carbons (Fsp3) is 0.250. The number of benzene rings is 1. The van der Waals surface area contributed by atoms with Crippen molar-refractivity contribution in [3.05, 3.63) is 45.8 Å². The van der Waals surface area contributed by atoms with Crippen LogP contribution < -0.4 is 22.0 Å². The molecule has 4 unspecified atom stereocenters. The second-order valence-electron chi connectivity index (χ2n) is 3.39. The van der Waals surface area contributed by atoms with Gasteiger partial charge in [0.15, 0.2) is 12.1 Å². The molecule has 14 heavy (non-hydrogen) atoms. The number of hydrogen-bond acceptors (Lipinski definition) is 4. The Balaban J connectivity index is 2.37. The number of fused-ring (bicyclic) bond motifs is 1. The monoisotopic (exact) mass is 196 g/mol. The van der Waals surface area contributed by atoms with Crippen molar-refractivity contribution in [3.63, 3.8) is 0 Å². The van der Waals surface area contributed by atoms with Gasteiger partial charge in [0.2, 0.25) is 0 Å². The Labute approximate surface area is 80.8 Å². The molecular formula is C8H12N4O2. The van der Waals surface area contributed by atoms with Crippen molar-refractivity contribution in [2.45, 2.75) is 12.1 Å². The van der Waals surface area contributed by atoms with Gasteiger partial charge in [-0.25, -0.2) is 0 Å². The molecule has 4 atom stereocenters. The molecule has 6 heteroatoms. The molecule has 0 amide bonds. The SMILES string of the molecule is N[NH+]([O-])C1c2ccccc2C1[NH+](N)[O-]. The van der Waals surface area contributed by atoms with Gasteiger partial charge in [-0.05, 0) is 0 Å². The third-order valence-electron chi connectivity index (χ3n) is 2.61. The lowest BCUT2D eigenvalue weighted by atomic mass is 9.78. The highest BCUT2D eigenvalue weighted by Crippen LogP contribution is 2.37. The minimum absolute atomic E-state index is 0.493. The van der Waals surface area contributed by atoms with Crippen LogP contribution in [-0.2, 0) is 0 Å². The maximum Gasteiger partial charge on any atom is 0.189 e. The molecule has 0 heterocycles. The quantitative estimate of drug-likeness (QED) is 0.305. The summed E-state index contributed by atoms with van der Waals surface area (Å²) in [5.41, 5.74) is 1.65. The zero-order chi connectivity index (χ0) is 10.3. The van der Waals surface area contributed by atoms with E-state index in [1.807, 2.05) is 12.1 Å². The van der Waals surface area contributed by atoms with E-state index in [4.69, 9.17) is 11.7 Å². The summed E-state index contributed by atoms with van der Waals surface area (Å²) in [4.78, 5) is 0. The van der Waals surface area contributed by atoms with Gasteiger partial charge in [-0.2, -0.15) is 11.7 Å². The molecule has 6 nitrogen and oxygen atoms in total. The average molecular weight is 196 g/mol. The van der Waals surface area contributed by atoms with Gasteiger partial charge in [0.05, 0.1) is 0 Å². The minimum atomic E-state index is -0.538. The Morgan fingerprint density at radius 2 is 1.29 bits per heavy atom. The van der Waals surface area contributed by atoms with Crippen LogP contribution in [0.4, 0.5) is 0 Å². The second kappa shape index (κ2) is 3.28. The first-order chi connectivity index (χ1) is 6.63. The standard InChI is InChI=1S/C8H12N4O2/c9-11(13)7-5-3-1-2-4-6(5)8(7)12(10)14/h1-4,7-8,11-12H,9-10H2. The fourth-order valence-corrected chi connectivity index (χ4v) is 1.98. The van der Waals surface area contributed by atoms with E-state index in [9.17, 15) is 10.4 Å². The summed E-state index contributed by atoms with van der Waals surface area (Å²) in [5.74, 6) is 10.4. The van der Waals surface area contributed by atoms with Crippen molar-refractivity contribution < 1.29 is 10.3 Å². The van der Waals surface area contributed by atoms with Gasteiger partial charge in [0, 0.05) is 11.1 Å². The van der Waals surface area contributed by atoms with E-state index in [1.54, 1.807) is 12.1 Å². The summed E-state index contributed by atoms with van der Waals surface area (Å²) in [5, 5.41) is 21.2. The first-order valence-electron chi connectivity index (χ1n) is 4.30. The lowest BCUT2D eigenvalue weighted by molar-refractivity contribution is -0.978. The maximum absolute atomic E-state index is 11.1. The lowest BCUT2D eigenvalue weighted by Crippen LogP contribution is -3.23. The van der Waals surface area contributed by atoms with Gasteiger partial charge >= 0.3 is 0 Å². The molecule has 0 bridgehead atoms. The number of hydroxylamine groups is 2. The number of quaternary nitrogens is 2. The molecule has 1 aromatic carbocycles. The van der Waals surface area contributed by atoms with E-state index in [0.717, 1.165) is 11.1 Å². The first kappa shape index (κ1) is 9.53. The molecule has 6 N–H and O–H groups in total. The largest absolute Gasteiger partial charge is 0.613 e. The van der Waals surface area contributed by atoms with Crippen LogP contribution in [0.5, 0.6) is 0 Å². The summed E-state index contributed by atoms with van der Waals surface area (Å²) in [6.07, 6.45) is 0. The van der Waals surface area contributed by atoms with Crippen LogP contribution in [0.25, 0.3) is 0 Å². The van der Waals surface area contributed by atoms with Crippen molar-refractivity contribution in [1.29, 1.82) is 0 Å². The number of rotatable bonds is 2. The Morgan fingerprint density at radius 1 is 0.929 bits per heavy atom. The lowest BCUT2D eigenvalue weighted by Gasteiger charge is -2.44.